The Balaban J connectivity index is 1.87. The summed E-state index contributed by atoms with van der Waals surface area (Å²) in [4.78, 5) is 0. The molecule has 2 heterocycles. The van der Waals surface area contributed by atoms with Crippen molar-refractivity contribution in [1.29, 1.82) is 0 Å². The molecule has 4 unspecified atom stereocenters. The molecule has 2 bridgehead atoms. The lowest BCUT2D eigenvalue weighted by atomic mass is 9.79. The van der Waals surface area contributed by atoms with Gasteiger partial charge in [-0.3, -0.25) is 0 Å². The van der Waals surface area contributed by atoms with Gasteiger partial charge < -0.3 is 10.1 Å². The van der Waals surface area contributed by atoms with Crippen molar-refractivity contribution in [2.24, 2.45) is 5.92 Å². The van der Waals surface area contributed by atoms with Gasteiger partial charge in [0, 0.05) is 12.0 Å². The van der Waals surface area contributed by atoms with Gasteiger partial charge in [-0.25, -0.2) is 0 Å². The number of aryl methyl sites for hydroxylation is 1. The SMILES string of the molecule is CCCNC(c1cccc(C)c1C)C1CC2CCC1O2. The van der Waals surface area contributed by atoms with Crippen LogP contribution in [0.5, 0.6) is 0 Å². The zero-order chi connectivity index (χ0) is 14.1. The van der Waals surface area contributed by atoms with Crippen LogP contribution in [0.25, 0.3) is 0 Å². The van der Waals surface area contributed by atoms with E-state index in [-0.39, 0.29) is 0 Å². The molecule has 110 valence electrons. The molecule has 1 N–H and O–H groups in total. The molecule has 1 aromatic carbocycles. The first-order valence-corrected chi connectivity index (χ1v) is 8.15. The first-order chi connectivity index (χ1) is 9.70. The highest BCUT2D eigenvalue weighted by atomic mass is 16.5. The minimum Gasteiger partial charge on any atom is -0.375 e. The molecule has 2 aliphatic rings. The molecule has 2 nitrogen and oxygen atoms in total. The van der Waals surface area contributed by atoms with Crippen molar-refractivity contribution in [1.82, 2.24) is 5.32 Å². The Bertz CT molecular complexity index is 470. The third-order valence-electron chi connectivity index (χ3n) is 5.18. The standard InChI is InChI=1S/C18H27NO/c1-4-10-19-18(15-7-5-6-12(2)13(15)3)16-11-14-8-9-17(16)20-14/h5-7,14,16-19H,4,8-11H2,1-3H3. The Morgan fingerprint density at radius 3 is 2.80 bits per heavy atom. The van der Waals surface area contributed by atoms with E-state index in [9.17, 15) is 0 Å². The number of benzene rings is 1. The van der Waals surface area contributed by atoms with Crippen LogP contribution < -0.4 is 5.32 Å². The zero-order valence-electron chi connectivity index (χ0n) is 13.0. The van der Waals surface area contributed by atoms with Crippen LogP contribution in [-0.2, 0) is 4.74 Å². The van der Waals surface area contributed by atoms with Crippen LogP contribution in [0.1, 0.15) is 55.3 Å². The van der Waals surface area contributed by atoms with Crippen LogP contribution in [0.15, 0.2) is 18.2 Å². The molecule has 0 saturated carbocycles. The number of rotatable bonds is 5. The maximum Gasteiger partial charge on any atom is 0.0627 e. The highest BCUT2D eigenvalue weighted by Crippen LogP contribution is 2.45. The fraction of sp³-hybridized carbons (Fsp3) is 0.667. The Hall–Kier alpha value is -0.860. The molecular weight excluding hydrogens is 246 g/mol. The molecule has 0 aliphatic carbocycles. The molecule has 2 fully saturated rings. The van der Waals surface area contributed by atoms with Crippen LogP contribution in [0, 0.1) is 19.8 Å². The molecule has 0 aromatic heterocycles. The van der Waals surface area contributed by atoms with E-state index >= 15 is 0 Å². The summed E-state index contributed by atoms with van der Waals surface area (Å²) in [5.41, 5.74) is 4.33. The summed E-state index contributed by atoms with van der Waals surface area (Å²) in [6.07, 6.45) is 5.96. The molecule has 1 aromatic rings. The number of nitrogens with one attached hydrogen (secondary N) is 1. The smallest absolute Gasteiger partial charge is 0.0627 e. The molecule has 0 amide bonds. The van der Waals surface area contributed by atoms with Crippen LogP contribution >= 0.6 is 0 Å². The average molecular weight is 273 g/mol. The minimum atomic E-state index is 0.463. The van der Waals surface area contributed by atoms with Crippen LogP contribution in [0.4, 0.5) is 0 Å². The molecule has 20 heavy (non-hydrogen) atoms. The molecule has 0 spiro atoms. The maximum atomic E-state index is 6.10. The van der Waals surface area contributed by atoms with E-state index in [1.165, 1.54) is 42.4 Å². The van der Waals surface area contributed by atoms with Gasteiger partial charge in [0.15, 0.2) is 0 Å². The van der Waals surface area contributed by atoms with E-state index in [2.05, 4.69) is 44.3 Å². The van der Waals surface area contributed by atoms with Gasteiger partial charge in [0.2, 0.25) is 0 Å². The first kappa shape index (κ1) is 14.1. The summed E-state index contributed by atoms with van der Waals surface area (Å²) in [7, 11) is 0. The monoisotopic (exact) mass is 273 g/mol. The summed E-state index contributed by atoms with van der Waals surface area (Å²) in [6, 6.07) is 7.19. The van der Waals surface area contributed by atoms with Crippen molar-refractivity contribution < 1.29 is 4.74 Å². The third kappa shape index (κ3) is 2.51. The summed E-state index contributed by atoms with van der Waals surface area (Å²) in [6.45, 7) is 7.81. The van der Waals surface area contributed by atoms with Gasteiger partial charge in [0.05, 0.1) is 12.2 Å². The largest absolute Gasteiger partial charge is 0.375 e. The first-order valence-electron chi connectivity index (χ1n) is 8.15. The average Bonchev–Trinajstić information content (AvgIpc) is 3.06. The molecule has 3 rings (SSSR count). The lowest BCUT2D eigenvalue weighted by molar-refractivity contribution is 0.0856. The molecule has 4 atom stereocenters. The fourth-order valence-electron chi connectivity index (χ4n) is 3.93. The van der Waals surface area contributed by atoms with Crippen LogP contribution in [-0.4, -0.2) is 18.8 Å². The van der Waals surface area contributed by atoms with E-state index in [4.69, 9.17) is 4.74 Å². The molecular formula is C18H27NO. The van der Waals surface area contributed by atoms with Crippen molar-refractivity contribution in [3.05, 3.63) is 34.9 Å². The number of ether oxygens (including phenoxy) is 1. The second-order valence-electron chi connectivity index (χ2n) is 6.49. The molecule has 2 aliphatic heterocycles. The van der Waals surface area contributed by atoms with Gasteiger partial charge in [-0.1, -0.05) is 25.1 Å². The Kier molecular flexibility index (Phi) is 4.13. The van der Waals surface area contributed by atoms with Gasteiger partial charge >= 0.3 is 0 Å². The molecule has 0 radical (unpaired) electrons. The highest BCUT2D eigenvalue weighted by molar-refractivity contribution is 5.36. The van der Waals surface area contributed by atoms with Gasteiger partial charge in [-0.05, 0) is 62.8 Å². The Labute approximate surface area is 122 Å². The van der Waals surface area contributed by atoms with Crippen molar-refractivity contribution in [3.8, 4) is 0 Å². The second-order valence-corrected chi connectivity index (χ2v) is 6.49. The summed E-state index contributed by atoms with van der Waals surface area (Å²) < 4.78 is 6.10. The molecule has 2 heteroatoms. The van der Waals surface area contributed by atoms with E-state index in [1.807, 2.05) is 0 Å². The van der Waals surface area contributed by atoms with E-state index in [0.717, 1.165) is 6.54 Å². The number of hydrogen-bond donors (Lipinski definition) is 1. The van der Waals surface area contributed by atoms with Crippen molar-refractivity contribution in [2.45, 2.75) is 64.7 Å². The number of hydrogen-bond acceptors (Lipinski definition) is 2. The molecule has 2 saturated heterocycles. The summed E-state index contributed by atoms with van der Waals surface area (Å²) in [5.74, 6) is 0.654. The number of fused-ring (bicyclic) bond motifs is 2. The maximum absolute atomic E-state index is 6.10. The predicted octanol–water partition coefficient (Wildman–Crippen LogP) is 3.91. The quantitative estimate of drug-likeness (QED) is 0.878. The summed E-state index contributed by atoms with van der Waals surface area (Å²) >= 11 is 0. The van der Waals surface area contributed by atoms with Crippen molar-refractivity contribution in [3.63, 3.8) is 0 Å². The van der Waals surface area contributed by atoms with Gasteiger partial charge in [0.1, 0.15) is 0 Å². The zero-order valence-corrected chi connectivity index (χ0v) is 13.0. The van der Waals surface area contributed by atoms with Gasteiger partial charge in [-0.2, -0.15) is 0 Å². The topological polar surface area (TPSA) is 21.3 Å². The van der Waals surface area contributed by atoms with Crippen LogP contribution in [0.3, 0.4) is 0 Å². The lowest BCUT2D eigenvalue weighted by Gasteiger charge is -2.31. The normalized spacial score (nSPS) is 29.9. The Morgan fingerprint density at radius 1 is 1.30 bits per heavy atom. The van der Waals surface area contributed by atoms with Crippen molar-refractivity contribution >= 4 is 0 Å². The predicted molar refractivity (Wildman–Crippen MR) is 83.0 cm³/mol. The Morgan fingerprint density at radius 2 is 2.15 bits per heavy atom. The second kappa shape index (κ2) is 5.87. The van der Waals surface area contributed by atoms with Gasteiger partial charge in [-0.15, -0.1) is 0 Å². The third-order valence-corrected chi connectivity index (χ3v) is 5.18. The van der Waals surface area contributed by atoms with Crippen LogP contribution in [0.2, 0.25) is 0 Å². The van der Waals surface area contributed by atoms with E-state index in [1.54, 1.807) is 0 Å². The lowest BCUT2D eigenvalue weighted by Crippen LogP contribution is -2.34. The highest BCUT2D eigenvalue weighted by Gasteiger charge is 2.44. The van der Waals surface area contributed by atoms with E-state index < -0.39 is 0 Å². The van der Waals surface area contributed by atoms with Crippen molar-refractivity contribution in [2.75, 3.05) is 6.54 Å². The van der Waals surface area contributed by atoms with Gasteiger partial charge in [0.25, 0.3) is 0 Å². The fourth-order valence-corrected chi connectivity index (χ4v) is 3.93. The van der Waals surface area contributed by atoms with E-state index in [0.29, 0.717) is 24.2 Å². The summed E-state index contributed by atoms with van der Waals surface area (Å²) in [5, 5.41) is 3.80. The minimum absolute atomic E-state index is 0.463.